The van der Waals surface area contributed by atoms with Gasteiger partial charge in [0.1, 0.15) is 12.1 Å². The average Bonchev–Trinajstić information content (AvgIpc) is 2.87. The van der Waals surface area contributed by atoms with E-state index in [2.05, 4.69) is 35.9 Å². The maximum Gasteiger partial charge on any atom is 0.129 e. The summed E-state index contributed by atoms with van der Waals surface area (Å²) in [5.41, 5.74) is 2.47. The van der Waals surface area contributed by atoms with Crippen LogP contribution in [-0.2, 0) is 4.74 Å². The van der Waals surface area contributed by atoms with E-state index in [9.17, 15) is 5.11 Å². The molecule has 1 atom stereocenters. The SMILES string of the molecule is C/C=C/C(=N/CN(CC)CCCNC(O)COC)N(c1ccc(Cl)cc1)C(C)C.CC.Cl/C=C/CCl. The molecule has 0 aliphatic rings. The van der Waals surface area contributed by atoms with Crippen molar-refractivity contribution >= 4 is 46.3 Å². The van der Waals surface area contributed by atoms with Gasteiger partial charge in [0, 0.05) is 41.8 Å². The van der Waals surface area contributed by atoms with Gasteiger partial charge in [0.2, 0.25) is 0 Å². The monoisotopic (exact) mass is 564 g/mol. The lowest BCUT2D eigenvalue weighted by molar-refractivity contribution is 0.0421. The topological polar surface area (TPSA) is 60.3 Å². The molecule has 0 heterocycles. The standard InChI is InChI=1S/C22H37ClN4O2.C3H4Cl2.C2H6/c1-6-9-21(27(18(3)4)20-12-10-19(23)11-13-20)25-17-26(7-2)15-8-14-24-22(28)16-29-5;4-2-1-3-5;1-2/h6,9-13,18,22,24,28H,7-8,14-17H2,1-5H3;1-2H,3H2;1-2H3/b9-6+,25-21-;2-1+;. The first kappa shape index (κ1) is 37.0. The molecule has 1 rings (SSSR count). The number of methoxy groups -OCH3 is 1. The fourth-order valence-electron chi connectivity index (χ4n) is 2.98. The smallest absolute Gasteiger partial charge is 0.129 e. The quantitative estimate of drug-likeness (QED) is 0.0858. The Bertz CT molecular complexity index is 713. The molecule has 1 aromatic rings. The molecule has 208 valence electrons. The molecule has 0 saturated heterocycles. The van der Waals surface area contributed by atoms with Crippen molar-refractivity contribution in [1.82, 2.24) is 10.2 Å². The average molecular weight is 566 g/mol. The normalized spacial score (nSPS) is 12.5. The summed E-state index contributed by atoms with van der Waals surface area (Å²) in [5.74, 6) is 1.43. The van der Waals surface area contributed by atoms with Crippen LogP contribution in [0.3, 0.4) is 0 Å². The number of allylic oxidation sites excluding steroid dienone is 2. The Kier molecular flexibility index (Phi) is 26.3. The fraction of sp³-hybridized carbons (Fsp3) is 0.593. The number of ether oxygens (including phenoxy) is 1. The lowest BCUT2D eigenvalue weighted by Gasteiger charge is -2.30. The summed E-state index contributed by atoms with van der Waals surface area (Å²) >= 11 is 16.2. The third-order valence-electron chi connectivity index (χ3n) is 4.60. The number of aliphatic imine (C=N–C) groups is 1. The van der Waals surface area contributed by atoms with Gasteiger partial charge in [-0.3, -0.25) is 15.2 Å². The highest BCUT2D eigenvalue weighted by Gasteiger charge is 2.15. The van der Waals surface area contributed by atoms with Gasteiger partial charge in [0.15, 0.2) is 0 Å². The van der Waals surface area contributed by atoms with E-state index in [0.29, 0.717) is 19.2 Å². The molecule has 36 heavy (non-hydrogen) atoms. The summed E-state index contributed by atoms with van der Waals surface area (Å²) in [6.07, 6.45) is 6.03. The molecule has 1 unspecified atom stereocenters. The number of hydrogen-bond donors (Lipinski definition) is 2. The Hall–Kier alpha value is -1.12. The maximum absolute atomic E-state index is 9.65. The molecule has 0 aromatic heterocycles. The molecule has 1 aromatic carbocycles. The first-order valence-electron chi connectivity index (χ1n) is 12.5. The van der Waals surface area contributed by atoms with Gasteiger partial charge in [-0.2, -0.15) is 0 Å². The lowest BCUT2D eigenvalue weighted by atomic mass is 10.2. The van der Waals surface area contributed by atoms with Crippen LogP contribution in [0.4, 0.5) is 5.69 Å². The van der Waals surface area contributed by atoms with Crippen molar-refractivity contribution in [3.63, 3.8) is 0 Å². The summed E-state index contributed by atoms with van der Waals surface area (Å²) in [4.78, 5) is 9.41. The highest BCUT2D eigenvalue weighted by Crippen LogP contribution is 2.21. The number of benzene rings is 1. The first-order chi connectivity index (χ1) is 17.3. The number of nitrogens with zero attached hydrogens (tertiary/aromatic N) is 3. The molecular formula is C27H47Cl3N4O2. The minimum absolute atomic E-state index is 0.257. The lowest BCUT2D eigenvalue weighted by Crippen LogP contribution is -2.38. The highest BCUT2D eigenvalue weighted by molar-refractivity contribution is 6.30. The Balaban J connectivity index is 0. The Labute approximate surface area is 235 Å². The predicted octanol–water partition coefficient (Wildman–Crippen LogP) is 6.76. The van der Waals surface area contributed by atoms with Crippen molar-refractivity contribution in [2.45, 2.75) is 60.2 Å². The number of aliphatic hydroxyl groups is 1. The molecule has 0 amide bonds. The van der Waals surface area contributed by atoms with Crippen molar-refractivity contribution in [3.8, 4) is 0 Å². The van der Waals surface area contributed by atoms with E-state index in [1.807, 2.05) is 57.2 Å². The first-order valence-corrected chi connectivity index (χ1v) is 13.8. The van der Waals surface area contributed by atoms with Crippen LogP contribution in [0.25, 0.3) is 0 Å². The largest absolute Gasteiger partial charge is 0.381 e. The molecular weight excluding hydrogens is 519 g/mol. The molecule has 0 fully saturated rings. The fourth-order valence-corrected chi connectivity index (χ4v) is 3.37. The number of aliphatic hydroxyl groups excluding tert-OH is 1. The minimum Gasteiger partial charge on any atom is -0.381 e. The van der Waals surface area contributed by atoms with Crippen molar-refractivity contribution in [1.29, 1.82) is 0 Å². The van der Waals surface area contributed by atoms with Crippen LogP contribution < -0.4 is 10.2 Å². The van der Waals surface area contributed by atoms with Crippen LogP contribution in [0.15, 0.2) is 53.0 Å². The van der Waals surface area contributed by atoms with Crippen molar-refractivity contribution < 1.29 is 9.84 Å². The van der Waals surface area contributed by atoms with E-state index in [-0.39, 0.29) is 6.04 Å². The number of hydrogen-bond acceptors (Lipinski definition) is 5. The van der Waals surface area contributed by atoms with E-state index in [0.717, 1.165) is 42.6 Å². The van der Waals surface area contributed by atoms with E-state index >= 15 is 0 Å². The Morgan fingerprint density at radius 2 is 1.86 bits per heavy atom. The highest BCUT2D eigenvalue weighted by atomic mass is 35.5. The molecule has 0 saturated carbocycles. The molecule has 0 aliphatic carbocycles. The molecule has 0 spiro atoms. The van der Waals surface area contributed by atoms with E-state index in [4.69, 9.17) is 44.5 Å². The van der Waals surface area contributed by atoms with Crippen LogP contribution >= 0.6 is 34.8 Å². The molecule has 0 radical (unpaired) electrons. The van der Waals surface area contributed by atoms with Gasteiger partial charge in [0.05, 0.1) is 13.3 Å². The Morgan fingerprint density at radius 1 is 1.22 bits per heavy atom. The third-order valence-corrected chi connectivity index (χ3v) is 5.21. The molecule has 0 bridgehead atoms. The molecule has 6 nitrogen and oxygen atoms in total. The van der Waals surface area contributed by atoms with E-state index in [1.165, 1.54) is 5.54 Å². The zero-order valence-corrected chi connectivity index (χ0v) is 25.3. The summed E-state index contributed by atoms with van der Waals surface area (Å²) < 4.78 is 4.92. The maximum atomic E-state index is 9.65. The van der Waals surface area contributed by atoms with Crippen LogP contribution in [0.1, 0.15) is 48.0 Å². The predicted molar refractivity (Wildman–Crippen MR) is 161 cm³/mol. The van der Waals surface area contributed by atoms with Gasteiger partial charge in [0.25, 0.3) is 0 Å². The van der Waals surface area contributed by atoms with Gasteiger partial charge in [-0.05, 0) is 70.6 Å². The van der Waals surface area contributed by atoms with Crippen molar-refractivity contribution in [3.05, 3.63) is 53.1 Å². The van der Waals surface area contributed by atoms with Gasteiger partial charge >= 0.3 is 0 Å². The van der Waals surface area contributed by atoms with Gasteiger partial charge in [-0.25, -0.2) is 0 Å². The number of anilines is 1. The number of rotatable bonds is 14. The summed E-state index contributed by atoms with van der Waals surface area (Å²) in [6.45, 7) is 15.9. The van der Waals surface area contributed by atoms with Crippen LogP contribution in [0, 0.1) is 0 Å². The second-order valence-corrected chi connectivity index (χ2v) is 8.60. The molecule has 9 heteroatoms. The number of halogens is 3. The van der Waals surface area contributed by atoms with Gasteiger partial charge in [-0.15, -0.1) is 11.6 Å². The summed E-state index contributed by atoms with van der Waals surface area (Å²) in [5, 5.41) is 13.4. The number of amidine groups is 1. The van der Waals surface area contributed by atoms with Crippen LogP contribution in [-0.4, -0.2) is 74.0 Å². The van der Waals surface area contributed by atoms with Crippen LogP contribution in [0.5, 0.6) is 0 Å². The second kappa shape index (κ2) is 25.5. The van der Waals surface area contributed by atoms with Crippen LogP contribution in [0.2, 0.25) is 5.02 Å². The van der Waals surface area contributed by atoms with Crippen molar-refractivity contribution in [2.24, 2.45) is 4.99 Å². The van der Waals surface area contributed by atoms with Crippen molar-refractivity contribution in [2.75, 3.05) is 50.8 Å². The summed E-state index contributed by atoms with van der Waals surface area (Å²) in [7, 11) is 1.58. The second-order valence-electron chi connectivity index (χ2n) is 7.60. The zero-order chi connectivity index (χ0) is 27.8. The number of alkyl halides is 1. The van der Waals surface area contributed by atoms with Gasteiger partial charge < -0.3 is 14.7 Å². The van der Waals surface area contributed by atoms with E-state index < -0.39 is 6.23 Å². The third kappa shape index (κ3) is 18.2. The molecule has 2 N–H and O–H groups in total. The molecule has 0 aliphatic heterocycles. The minimum atomic E-state index is -0.617. The zero-order valence-electron chi connectivity index (χ0n) is 23.1. The summed E-state index contributed by atoms with van der Waals surface area (Å²) in [6, 6.07) is 8.12. The van der Waals surface area contributed by atoms with Gasteiger partial charge in [-0.1, -0.05) is 56.1 Å². The Morgan fingerprint density at radius 3 is 2.31 bits per heavy atom. The number of nitrogens with one attached hydrogen (secondary N) is 1. The van der Waals surface area contributed by atoms with E-state index in [1.54, 1.807) is 13.2 Å².